The Labute approximate surface area is 129 Å². The van der Waals surface area contributed by atoms with E-state index in [0.29, 0.717) is 5.69 Å². The molecule has 1 aliphatic heterocycles. The van der Waals surface area contributed by atoms with Crippen molar-refractivity contribution in [3.05, 3.63) is 59.4 Å². The lowest BCUT2D eigenvalue weighted by Crippen LogP contribution is -2.39. The van der Waals surface area contributed by atoms with Gasteiger partial charge in [-0.05, 0) is 49.6 Å². The number of carbonyl (C=O) groups excluding carboxylic acids is 1. The van der Waals surface area contributed by atoms with Crippen LogP contribution in [0.3, 0.4) is 0 Å². The molecule has 1 atom stereocenters. The zero-order valence-electron chi connectivity index (χ0n) is 12.8. The highest BCUT2D eigenvalue weighted by atomic mass is 19.1. The van der Waals surface area contributed by atoms with Crippen LogP contribution >= 0.6 is 0 Å². The Morgan fingerprint density at radius 2 is 2.09 bits per heavy atom. The third-order valence-corrected chi connectivity index (χ3v) is 4.11. The van der Waals surface area contributed by atoms with Crippen LogP contribution in [0.25, 0.3) is 0 Å². The van der Waals surface area contributed by atoms with Gasteiger partial charge in [0.2, 0.25) is 5.91 Å². The van der Waals surface area contributed by atoms with E-state index in [1.165, 1.54) is 17.7 Å². The van der Waals surface area contributed by atoms with Crippen molar-refractivity contribution in [1.29, 1.82) is 0 Å². The average molecular weight is 298 g/mol. The van der Waals surface area contributed by atoms with Gasteiger partial charge in [-0.15, -0.1) is 0 Å². The number of aryl methyl sites for hydroxylation is 1. The molecule has 1 amide bonds. The maximum atomic E-state index is 13.3. The number of benzene rings is 2. The van der Waals surface area contributed by atoms with Crippen molar-refractivity contribution >= 4 is 17.3 Å². The quantitative estimate of drug-likeness (QED) is 0.940. The molecule has 114 valence electrons. The van der Waals surface area contributed by atoms with Gasteiger partial charge < -0.3 is 10.2 Å². The molecule has 3 rings (SSSR count). The second-order valence-corrected chi connectivity index (χ2v) is 5.76. The van der Waals surface area contributed by atoms with E-state index in [-0.39, 0.29) is 24.3 Å². The number of nitrogens with one attached hydrogen (secondary N) is 1. The predicted molar refractivity (Wildman–Crippen MR) is 86.7 cm³/mol. The van der Waals surface area contributed by atoms with Gasteiger partial charge in [0.1, 0.15) is 5.82 Å². The minimum Gasteiger partial charge on any atom is -0.376 e. The first-order chi connectivity index (χ1) is 10.6. The van der Waals surface area contributed by atoms with Crippen LogP contribution in [-0.2, 0) is 11.2 Å². The van der Waals surface area contributed by atoms with E-state index in [2.05, 4.69) is 11.4 Å². The molecule has 0 spiro atoms. The Morgan fingerprint density at radius 3 is 2.91 bits per heavy atom. The number of para-hydroxylation sites is 1. The summed E-state index contributed by atoms with van der Waals surface area (Å²) in [5, 5.41) is 3.05. The van der Waals surface area contributed by atoms with Gasteiger partial charge >= 0.3 is 0 Å². The van der Waals surface area contributed by atoms with E-state index in [1.54, 1.807) is 6.07 Å². The highest BCUT2D eigenvalue weighted by Gasteiger charge is 2.30. The summed E-state index contributed by atoms with van der Waals surface area (Å²) in [5.41, 5.74) is 3.76. The molecule has 4 heteroatoms. The van der Waals surface area contributed by atoms with Crippen LogP contribution in [0.15, 0.2) is 42.5 Å². The van der Waals surface area contributed by atoms with Crippen molar-refractivity contribution in [3.63, 3.8) is 0 Å². The number of fused-ring (bicyclic) bond motifs is 1. The molecule has 2 aromatic rings. The molecule has 0 aliphatic carbocycles. The molecule has 22 heavy (non-hydrogen) atoms. The zero-order valence-corrected chi connectivity index (χ0v) is 12.8. The molecule has 0 unspecified atom stereocenters. The zero-order chi connectivity index (χ0) is 15.7. The summed E-state index contributed by atoms with van der Waals surface area (Å²) >= 11 is 0. The summed E-state index contributed by atoms with van der Waals surface area (Å²) in [6.45, 7) is 4.09. The van der Waals surface area contributed by atoms with Crippen LogP contribution < -0.4 is 10.2 Å². The lowest BCUT2D eigenvalue weighted by Gasteiger charge is -2.23. The molecule has 2 aromatic carbocycles. The second kappa shape index (κ2) is 5.79. The van der Waals surface area contributed by atoms with Gasteiger partial charge in [-0.1, -0.05) is 24.3 Å². The first-order valence-electron chi connectivity index (χ1n) is 7.46. The maximum absolute atomic E-state index is 13.3. The minimum atomic E-state index is -0.305. The lowest BCUT2D eigenvalue weighted by atomic mass is 10.1. The molecule has 1 heterocycles. The van der Waals surface area contributed by atoms with Gasteiger partial charge in [0, 0.05) is 17.4 Å². The van der Waals surface area contributed by atoms with Crippen LogP contribution in [-0.4, -0.2) is 18.5 Å². The monoisotopic (exact) mass is 298 g/mol. The number of hydrogen-bond donors (Lipinski definition) is 1. The molecule has 0 bridgehead atoms. The van der Waals surface area contributed by atoms with Crippen molar-refractivity contribution in [2.75, 3.05) is 16.8 Å². The summed E-state index contributed by atoms with van der Waals surface area (Å²) in [5.74, 6) is -0.304. The molecule has 1 aliphatic rings. The van der Waals surface area contributed by atoms with Crippen molar-refractivity contribution in [1.82, 2.24) is 0 Å². The molecule has 1 N–H and O–H groups in total. The first-order valence-corrected chi connectivity index (χ1v) is 7.46. The van der Waals surface area contributed by atoms with Gasteiger partial charge in [-0.25, -0.2) is 4.39 Å². The molecule has 0 fully saturated rings. The Kier molecular flexibility index (Phi) is 3.84. The summed E-state index contributed by atoms with van der Waals surface area (Å²) in [4.78, 5) is 14.4. The van der Waals surface area contributed by atoms with E-state index in [4.69, 9.17) is 0 Å². The summed E-state index contributed by atoms with van der Waals surface area (Å²) in [6, 6.07) is 12.7. The van der Waals surface area contributed by atoms with Crippen molar-refractivity contribution in [3.8, 4) is 0 Å². The molecule has 0 radical (unpaired) electrons. The molecule has 0 aromatic heterocycles. The minimum absolute atomic E-state index is 0.00103. The first kappa shape index (κ1) is 14.6. The van der Waals surface area contributed by atoms with Crippen LogP contribution in [0, 0.1) is 12.7 Å². The Bertz CT molecular complexity index is 714. The van der Waals surface area contributed by atoms with E-state index < -0.39 is 0 Å². The third-order valence-electron chi connectivity index (χ3n) is 4.11. The fourth-order valence-electron chi connectivity index (χ4n) is 2.99. The second-order valence-electron chi connectivity index (χ2n) is 5.76. The van der Waals surface area contributed by atoms with Gasteiger partial charge in [0.05, 0.1) is 6.54 Å². The van der Waals surface area contributed by atoms with Gasteiger partial charge in [-0.2, -0.15) is 0 Å². The van der Waals surface area contributed by atoms with Crippen molar-refractivity contribution < 1.29 is 9.18 Å². The standard InChI is InChI=1S/C18H19FN2O/c1-12-7-8-15(19)10-16(12)20-11-18(22)21-13(2)9-14-5-3-4-6-17(14)21/h3-8,10,13,20H,9,11H2,1-2H3/t13-/m1/s1. The summed E-state index contributed by atoms with van der Waals surface area (Å²) < 4.78 is 13.3. The van der Waals surface area contributed by atoms with E-state index in [1.807, 2.05) is 36.9 Å². The highest BCUT2D eigenvalue weighted by Crippen LogP contribution is 2.31. The topological polar surface area (TPSA) is 32.3 Å². The lowest BCUT2D eigenvalue weighted by molar-refractivity contribution is -0.117. The van der Waals surface area contributed by atoms with Gasteiger partial charge in [0.15, 0.2) is 0 Å². The largest absolute Gasteiger partial charge is 0.376 e. The van der Waals surface area contributed by atoms with Crippen LogP contribution in [0.2, 0.25) is 0 Å². The average Bonchev–Trinajstić information content (AvgIpc) is 2.83. The number of rotatable bonds is 3. The molecular weight excluding hydrogens is 279 g/mol. The smallest absolute Gasteiger partial charge is 0.246 e. The van der Waals surface area contributed by atoms with Gasteiger partial charge in [-0.3, -0.25) is 4.79 Å². The maximum Gasteiger partial charge on any atom is 0.246 e. The van der Waals surface area contributed by atoms with Crippen molar-refractivity contribution in [2.45, 2.75) is 26.3 Å². The highest BCUT2D eigenvalue weighted by molar-refractivity contribution is 5.98. The van der Waals surface area contributed by atoms with E-state index in [0.717, 1.165) is 17.7 Å². The molecular formula is C18H19FN2O. The molecule has 3 nitrogen and oxygen atoms in total. The van der Waals surface area contributed by atoms with Crippen LogP contribution in [0.4, 0.5) is 15.8 Å². The third kappa shape index (κ3) is 2.69. The fraction of sp³-hybridized carbons (Fsp3) is 0.278. The van der Waals surface area contributed by atoms with Gasteiger partial charge in [0.25, 0.3) is 0 Å². The Hall–Kier alpha value is -2.36. The number of halogens is 1. The Morgan fingerprint density at radius 1 is 1.32 bits per heavy atom. The van der Waals surface area contributed by atoms with E-state index in [9.17, 15) is 9.18 Å². The van der Waals surface area contributed by atoms with Crippen LogP contribution in [0.1, 0.15) is 18.1 Å². The van der Waals surface area contributed by atoms with Crippen LogP contribution in [0.5, 0.6) is 0 Å². The number of hydrogen-bond acceptors (Lipinski definition) is 2. The number of amides is 1. The SMILES string of the molecule is Cc1ccc(F)cc1NCC(=O)N1c2ccccc2C[C@H]1C. The predicted octanol–water partition coefficient (Wildman–Crippen LogP) is 3.52. The Balaban J connectivity index is 1.74. The molecule has 0 saturated heterocycles. The number of anilines is 2. The van der Waals surface area contributed by atoms with E-state index >= 15 is 0 Å². The molecule has 0 saturated carbocycles. The normalized spacial score (nSPS) is 16.5. The van der Waals surface area contributed by atoms with Crippen molar-refractivity contribution in [2.24, 2.45) is 0 Å². The number of carbonyl (C=O) groups is 1. The summed E-state index contributed by atoms with van der Waals surface area (Å²) in [6.07, 6.45) is 0.876. The number of nitrogens with zero attached hydrogens (tertiary/aromatic N) is 1. The summed E-state index contributed by atoms with van der Waals surface area (Å²) in [7, 11) is 0. The fourth-order valence-corrected chi connectivity index (χ4v) is 2.99.